The van der Waals surface area contributed by atoms with E-state index in [1.807, 2.05) is 0 Å². The summed E-state index contributed by atoms with van der Waals surface area (Å²) in [7, 11) is 0. The number of hydrogen-bond acceptors (Lipinski definition) is 15. The van der Waals surface area contributed by atoms with Crippen molar-refractivity contribution in [3.05, 3.63) is 41.5 Å². The van der Waals surface area contributed by atoms with Crippen LogP contribution < -0.4 is 10.1 Å². The molecule has 320 valence electrons. The molecule has 2 N–H and O–H groups in total. The average Bonchev–Trinajstić information content (AvgIpc) is 3.49. The Hall–Kier alpha value is -3.35. The van der Waals surface area contributed by atoms with Crippen molar-refractivity contribution in [1.82, 2.24) is 10.2 Å². The SMILES string of the molecule is O=C(CN1C(=O)C=CC1O)NCCOCCOCCOCCOCCOCCOCCOCCOCCOCCOCCC(=O)Oc1c(F)c(F)cc(F)c1F. The van der Waals surface area contributed by atoms with Crippen LogP contribution in [0.15, 0.2) is 18.2 Å². The summed E-state index contributed by atoms with van der Waals surface area (Å²) in [5.74, 6) is -10.3. The Labute approximate surface area is 322 Å². The molecular formula is C35H52F4N2O15. The third-order valence-corrected chi connectivity index (χ3v) is 6.98. The number of amides is 2. The maximum absolute atomic E-state index is 13.5. The van der Waals surface area contributed by atoms with Crippen molar-refractivity contribution >= 4 is 17.8 Å². The highest BCUT2D eigenvalue weighted by molar-refractivity contribution is 5.93. The number of carbonyl (C=O) groups excluding carboxylic acids is 3. The normalized spacial score (nSPS) is 13.9. The molecule has 17 nitrogen and oxygen atoms in total. The first-order valence-corrected chi connectivity index (χ1v) is 17.9. The number of benzene rings is 1. The van der Waals surface area contributed by atoms with Crippen LogP contribution in [0.5, 0.6) is 5.75 Å². The van der Waals surface area contributed by atoms with Crippen molar-refractivity contribution in [2.75, 3.05) is 145 Å². The quantitative estimate of drug-likeness (QED) is 0.0314. The number of nitrogens with one attached hydrogen (secondary N) is 1. The average molecular weight is 817 g/mol. The highest BCUT2D eigenvalue weighted by Crippen LogP contribution is 2.26. The van der Waals surface area contributed by atoms with Gasteiger partial charge in [0.1, 0.15) is 12.8 Å². The van der Waals surface area contributed by atoms with Crippen LogP contribution >= 0.6 is 0 Å². The van der Waals surface area contributed by atoms with Gasteiger partial charge < -0.3 is 67.4 Å². The van der Waals surface area contributed by atoms with Gasteiger partial charge in [-0.1, -0.05) is 0 Å². The molecule has 0 aliphatic carbocycles. The molecule has 0 radical (unpaired) electrons. The molecule has 1 heterocycles. The van der Waals surface area contributed by atoms with Crippen molar-refractivity contribution in [3.63, 3.8) is 0 Å². The Morgan fingerprint density at radius 2 is 0.946 bits per heavy atom. The minimum Gasteiger partial charge on any atom is -0.420 e. The first-order chi connectivity index (χ1) is 27.2. The van der Waals surface area contributed by atoms with Gasteiger partial charge in [0.25, 0.3) is 0 Å². The number of carbonyl (C=O) groups is 3. The fourth-order valence-corrected chi connectivity index (χ4v) is 4.19. The topological polar surface area (TPSA) is 188 Å². The van der Waals surface area contributed by atoms with Crippen LogP contribution in [0.1, 0.15) is 6.42 Å². The molecule has 0 saturated heterocycles. The molecule has 0 aromatic heterocycles. The lowest BCUT2D eigenvalue weighted by Crippen LogP contribution is -2.43. The van der Waals surface area contributed by atoms with Gasteiger partial charge in [-0.3, -0.25) is 14.4 Å². The Bertz CT molecular complexity index is 1260. The van der Waals surface area contributed by atoms with E-state index in [-0.39, 0.29) is 58.1 Å². The second-order valence-electron chi connectivity index (χ2n) is 11.2. The smallest absolute Gasteiger partial charge is 0.313 e. The van der Waals surface area contributed by atoms with Crippen LogP contribution in [-0.4, -0.2) is 179 Å². The summed E-state index contributed by atoms with van der Waals surface area (Å²) in [6.07, 6.45) is 1.06. The summed E-state index contributed by atoms with van der Waals surface area (Å²) in [5, 5.41) is 12.2. The second kappa shape index (κ2) is 31.7. The fraction of sp³-hybridized carbons (Fsp3) is 0.686. The third-order valence-electron chi connectivity index (χ3n) is 6.98. The van der Waals surface area contributed by atoms with Crippen molar-refractivity contribution in [2.45, 2.75) is 12.6 Å². The van der Waals surface area contributed by atoms with Crippen LogP contribution in [0, 0.1) is 23.3 Å². The largest absolute Gasteiger partial charge is 0.420 e. The van der Waals surface area contributed by atoms with Gasteiger partial charge in [0.05, 0.1) is 139 Å². The zero-order valence-electron chi connectivity index (χ0n) is 31.2. The van der Waals surface area contributed by atoms with E-state index < -0.39 is 53.5 Å². The Morgan fingerprint density at radius 3 is 1.30 bits per heavy atom. The minimum absolute atomic E-state index is 0.0123. The first-order valence-electron chi connectivity index (χ1n) is 17.9. The standard InChI is InChI=1S/C35H52F4N2O15/c36-27-25-28(37)34(39)35(33(27)38)56-32(45)3-5-46-7-9-48-11-13-50-15-17-52-19-21-54-23-24-55-22-20-53-18-16-51-14-12-49-10-8-47-6-4-40-29(42)26-41-30(43)1-2-31(41)44/h1-2,25,30,43H,3-24,26H2,(H,40,42). The first kappa shape index (κ1) is 48.8. The van der Waals surface area contributed by atoms with E-state index in [0.29, 0.717) is 99.1 Å². The van der Waals surface area contributed by atoms with Gasteiger partial charge in [-0.15, -0.1) is 0 Å². The van der Waals surface area contributed by atoms with Gasteiger partial charge in [0, 0.05) is 18.7 Å². The Kier molecular flexibility index (Phi) is 27.6. The number of aliphatic hydroxyl groups excluding tert-OH is 1. The van der Waals surface area contributed by atoms with E-state index in [1.165, 1.54) is 12.2 Å². The van der Waals surface area contributed by atoms with Crippen molar-refractivity contribution in [2.24, 2.45) is 0 Å². The molecule has 1 aromatic carbocycles. The number of ether oxygens (including phenoxy) is 11. The van der Waals surface area contributed by atoms with E-state index in [0.717, 1.165) is 4.90 Å². The Morgan fingerprint density at radius 1 is 0.589 bits per heavy atom. The molecule has 0 bridgehead atoms. The summed E-state index contributed by atoms with van der Waals surface area (Å²) in [6.45, 7) is 6.69. The van der Waals surface area contributed by atoms with Gasteiger partial charge in [-0.05, 0) is 6.08 Å². The lowest BCUT2D eigenvalue weighted by Gasteiger charge is -2.19. The maximum Gasteiger partial charge on any atom is 0.313 e. The summed E-state index contributed by atoms with van der Waals surface area (Å²) in [6, 6.07) is 0.0123. The third kappa shape index (κ3) is 23.0. The minimum atomic E-state index is -1.80. The summed E-state index contributed by atoms with van der Waals surface area (Å²) < 4.78 is 112. The highest BCUT2D eigenvalue weighted by atomic mass is 19.2. The zero-order chi connectivity index (χ0) is 40.6. The Balaban J connectivity index is 1.19. The highest BCUT2D eigenvalue weighted by Gasteiger charge is 2.25. The predicted octanol–water partition coefficient (Wildman–Crippen LogP) is 0.538. The lowest BCUT2D eigenvalue weighted by atomic mass is 10.3. The van der Waals surface area contributed by atoms with Gasteiger partial charge >= 0.3 is 5.97 Å². The molecule has 1 aliphatic heterocycles. The molecule has 0 saturated carbocycles. The zero-order valence-corrected chi connectivity index (χ0v) is 31.2. The van der Waals surface area contributed by atoms with E-state index in [9.17, 15) is 37.1 Å². The van der Waals surface area contributed by atoms with Crippen LogP contribution in [0.2, 0.25) is 0 Å². The van der Waals surface area contributed by atoms with Crippen LogP contribution in [0.25, 0.3) is 0 Å². The van der Waals surface area contributed by atoms with Gasteiger partial charge in [-0.25, -0.2) is 8.78 Å². The second-order valence-corrected chi connectivity index (χ2v) is 11.2. The molecule has 0 spiro atoms. The van der Waals surface area contributed by atoms with E-state index in [1.54, 1.807) is 0 Å². The van der Waals surface area contributed by atoms with Gasteiger partial charge in [-0.2, -0.15) is 8.78 Å². The fourth-order valence-electron chi connectivity index (χ4n) is 4.19. The number of hydrogen-bond donors (Lipinski definition) is 2. The summed E-state index contributed by atoms with van der Waals surface area (Å²) >= 11 is 0. The van der Waals surface area contributed by atoms with Crippen molar-refractivity contribution in [3.8, 4) is 5.75 Å². The number of halogens is 4. The maximum atomic E-state index is 13.5. The monoisotopic (exact) mass is 816 g/mol. The molecule has 21 heteroatoms. The number of esters is 1. The predicted molar refractivity (Wildman–Crippen MR) is 185 cm³/mol. The molecule has 1 atom stereocenters. The van der Waals surface area contributed by atoms with Crippen molar-refractivity contribution < 1.29 is 89.2 Å². The van der Waals surface area contributed by atoms with Gasteiger partial charge in [0.15, 0.2) is 11.6 Å². The summed E-state index contributed by atoms with van der Waals surface area (Å²) in [4.78, 5) is 36.0. The van der Waals surface area contributed by atoms with E-state index >= 15 is 0 Å². The summed E-state index contributed by atoms with van der Waals surface area (Å²) in [5.41, 5.74) is 0. The van der Waals surface area contributed by atoms with E-state index in [4.69, 9.17) is 47.4 Å². The molecule has 1 aromatic rings. The molecule has 2 amide bonds. The van der Waals surface area contributed by atoms with Crippen LogP contribution in [0.4, 0.5) is 17.6 Å². The van der Waals surface area contributed by atoms with Crippen molar-refractivity contribution in [1.29, 1.82) is 0 Å². The molecule has 1 unspecified atom stereocenters. The number of nitrogens with zero attached hydrogens (tertiary/aromatic N) is 1. The lowest BCUT2D eigenvalue weighted by molar-refractivity contribution is -0.137. The molecule has 56 heavy (non-hydrogen) atoms. The molecule has 0 fully saturated rings. The molecule has 2 rings (SSSR count). The molecule has 1 aliphatic rings. The van der Waals surface area contributed by atoms with Crippen LogP contribution in [0.3, 0.4) is 0 Å². The number of rotatable bonds is 36. The van der Waals surface area contributed by atoms with E-state index in [2.05, 4.69) is 10.1 Å². The van der Waals surface area contributed by atoms with Gasteiger partial charge in [0.2, 0.25) is 29.2 Å². The molecular weight excluding hydrogens is 764 g/mol. The number of aliphatic hydroxyl groups is 1. The van der Waals surface area contributed by atoms with Crippen LogP contribution in [-0.2, 0) is 61.8 Å².